The summed E-state index contributed by atoms with van der Waals surface area (Å²) in [6, 6.07) is 9.92. The number of rotatable bonds is 7. The summed E-state index contributed by atoms with van der Waals surface area (Å²) in [7, 11) is -3.93. The molecular weight excluding hydrogens is 509 g/mol. The van der Waals surface area contributed by atoms with Crippen molar-refractivity contribution in [3.8, 4) is 6.07 Å². The Morgan fingerprint density at radius 1 is 1.18 bits per heavy atom. The summed E-state index contributed by atoms with van der Waals surface area (Å²) < 4.78 is 60.7. The van der Waals surface area contributed by atoms with Crippen molar-refractivity contribution in [1.29, 1.82) is 5.26 Å². The van der Waals surface area contributed by atoms with Crippen LogP contribution in [0.2, 0.25) is 10.0 Å². The Hall–Kier alpha value is -2.25. The van der Waals surface area contributed by atoms with E-state index in [9.17, 15) is 27.3 Å². The van der Waals surface area contributed by atoms with Gasteiger partial charge in [0, 0.05) is 10.6 Å². The molecule has 3 atom stereocenters. The van der Waals surface area contributed by atoms with E-state index in [4.69, 9.17) is 27.9 Å². The number of amides is 1. The predicted octanol–water partition coefficient (Wildman–Crippen LogP) is 4.58. The standard InChI is InChI=1S/C23H20Cl2F2N2O4S/c24-13-7-18(26)16(19(27)8-13)11-33-20-10-14(34(31,32)21-4-2-1-3-17(21)25)9-15(20)22(30)29-23(12-28)5-6-23/h1-4,7-8,14-15,20H,5-6,9-11H2,(H,29,30)/t14-,15-,20-/m1/s1. The Morgan fingerprint density at radius 3 is 2.41 bits per heavy atom. The molecule has 11 heteroatoms. The molecule has 2 aliphatic carbocycles. The number of nitrogens with zero attached hydrogens (tertiary/aromatic N) is 1. The van der Waals surface area contributed by atoms with Gasteiger partial charge in [0.2, 0.25) is 5.91 Å². The van der Waals surface area contributed by atoms with E-state index in [2.05, 4.69) is 11.4 Å². The molecule has 0 heterocycles. The Bertz CT molecular complexity index is 1250. The van der Waals surface area contributed by atoms with Crippen molar-refractivity contribution >= 4 is 38.9 Å². The lowest BCUT2D eigenvalue weighted by Gasteiger charge is -2.21. The zero-order chi connectivity index (χ0) is 24.7. The second-order valence-corrected chi connectivity index (χ2v) is 11.6. The lowest BCUT2D eigenvalue weighted by molar-refractivity contribution is -0.130. The molecule has 1 amide bonds. The number of ether oxygens (including phenoxy) is 1. The van der Waals surface area contributed by atoms with Crippen LogP contribution in [0.25, 0.3) is 0 Å². The number of carbonyl (C=O) groups is 1. The maximum absolute atomic E-state index is 14.2. The van der Waals surface area contributed by atoms with Crippen LogP contribution in [0.5, 0.6) is 0 Å². The van der Waals surface area contributed by atoms with Crippen molar-refractivity contribution < 1.29 is 26.7 Å². The molecule has 0 bridgehead atoms. The molecule has 2 aromatic rings. The molecule has 0 aromatic heterocycles. The topological polar surface area (TPSA) is 96.3 Å². The Labute approximate surface area is 205 Å². The number of halogens is 4. The van der Waals surface area contributed by atoms with E-state index in [0.717, 1.165) is 12.1 Å². The molecule has 0 saturated heterocycles. The minimum Gasteiger partial charge on any atom is -0.372 e. The fourth-order valence-corrected chi connectivity index (χ4v) is 6.66. The number of nitriles is 1. The molecule has 6 nitrogen and oxygen atoms in total. The zero-order valence-electron chi connectivity index (χ0n) is 17.7. The molecule has 180 valence electrons. The molecule has 2 aromatic carbocycles. The van der Waals surface area contributed by atoms with Gasteiger partial charge in [0.25, 0.3) is 0 Å². The van der Waals surface area contributed by atoms with Gasteiger partial charge in [0.05, 0.1) is 39.9 Å². The minimum atomic E-state index is -3.93. The van der Waals surface area contributed by atoms with Crippen molar-refractivity contribution in [3.05, 3.63) is 63.6 Å². The number of hydrogen-bond acceptors (Lipinski definition) is 5. The van der Waals surface area contributed by atoms with E-state index < -0.39 is 56.8 Å². The highest BCUT2D eigenvalue weighted by atomic mass is 35.5. The molecule has 2 saturated carbocycles. The summed E-state index contributed by atoms with van der Waals surface area (Å²) in [6.07, 6.45) is -0.128. The van der Waals surface area contributed by atoms with Crippen molar-refractivity contribution in [2.45, 2.75) is 54.1 Å². The number of nitrogens with one attached hydrogen (secondary N) is 1. The molecule has 0 radical (unpaired) electrons. The first kappa shape index (κ1) is 24.9. The molecule has 2 fully saturated rings. The van der Waals surface area contributed by atoms with Gasteiger partial charge in [-0.3, -0.25) is 4.79 Å². The van der Waals surface area contributed by atoms with Gasteiger partial charge in [0.15, 0.2) is 9.84 Å². The predicted molar refractivity (Wildman–Crippen MR) is 121 cm³/mol. The first-order valence-corrected chi connectivity index (χ1v) is 12.8. The largest absolute Gasteiger partial charge is 0.372 e. The summed E-state index contributed by atoms with van der Waals surface area (Å²) >= 11 is 11.8. The van der Waals surface area contributed by atoms with Crippen LogP contribution in [0, 0.1) is 28.9 Å². The second kappa shape index (κ2) is 9.42. The summed E-state index contributed by atoms with van der Waals surface area (Å²) in [5.41, 5.74) is -1.34. The van der Waals surface area contributed by atoms with Gasteiger partial charge in [-0.15, -0.1) is 0 Å². The monoisotopic (exact) mass is 528 g/mol. The third-order valence-electron chi connectivity index (χ3n) is 6.25. The summed E-state index contributed by atoms with van der Waals surface area (Å²) in [5, 5.41) is 10.9. The second-order valence-electron chi connectivity index (χ2n) is 8.56. The van der Waals surface area contributed by atoms with Crippen LogP contribution in [-0.4, -0.2) is 31.2 Å². The van der Waals surface area contributed by atoms with Gasteiger partial charge in [-0.1, -0.05) is 35.3 Å². The van der Waals surface area contributed by atoms with E-state index in [-0.39, 0.29) is 33.3 Å². The van der Waals surface area contributed by atoms with Crippen LogP contribution in [0.4, 0.5) is 8.78 Å². The van der Waals surface area contributed by atoms with Crippen LogP contribution >= 0.6 is 23.2 Å². The number of hydrogen-bond donors (Lipinski definition) is 1. The van der Waals surface area contributed by atoms with Gasteiger partial charge in [-0.05, 0) is 49.9 Å². The normalized spacial score (nSPS) is 23.3. The molecule has 4 rings (SSSR count). The maximum Gasteiger partial charge on any atom is 0.227 e. The third-order valence-corrected chi connectivity index (χ3v) is 9.15. The van der Waals surface area contributed by atoms with Gasteiger partial charge in [-0.25, -0.2) is 17.2 Å². The Morgan fingerprint density at radius 2 is 1.82 bits per heavy atom. The van der Waals surface area contributed by atoms with E-state index in [0.29, 0.717) is 12.8 Å². The summed E-state index contributed by atoms with van der Waals surface area (Å²) in [4.78, 5) is 12.9. The van der Waals surface area contributed by atoms with Crippen LogP contribution in [0.1, 0.15) is 31.2 Å². The van der Waals surface area contributed by atoms with Crippen LogP contribution in [-0.2, 0) is 26.0 Å². The van der Waals surface area contributed by atoms with E-state index in [1.807, 2.05) is 0 Å². The van der Waals surface area contributed by atoms with Gasteiger partial charge in [-0.2, -0.15) is 5.26 Å². The maximum atomic E-state index is 14.2. The van der Waals surface area contributed by atoms with Crippen LogP contribution < -0.4 is 5.32 Å². The zero-order valence-corrected chi connectivity index (χ0v) is 20.1. The highest BCUT2D eigenvalue weighted by Crippen LogP contribution is 2.40. The van der Waals surface area contributed by atoms with Crippen molar-refractivity contribution in [2.24, 2.45) is 5.92 Å². The lowest BCUT2D eigenvalue weighted by Crippen LogP contribution is -2.42. The van der Waals surface area contributed by atoms with Crippen molar-refractivity contribution in [1.82, 2.24) is 5.32 Å². The Kier molecular flexibility index (Phi) is 6.89. The molecule has 34 heavy (non-hydrogen) atoms. The SMILES string of the molecule is N#CC1(NC(=O)[C@@H]2C[C@@H](S(=O)(=O)c3ccccc3Cl)C[C@H]2OCc2c(F)cc(Cl)cc2F)CC1. The van der Waals surface area contributed by atoms with E-state index in [1.54, 1.807) is 12.1 Å². The smallest absolute Gasteiger partial charge is 0.227 e. The van der Waals surface area contributed by atoms with Crippen LogP contribution in [0.15, 0.2) is 41.3 Å². The van der Waals surface area contributed by atoms with Gasteiger partial charge < -0.3 is 10.1 Å². The van der Waals surface area contributed by atoms with Gasteiger partial charge in [0.1, 0.15) is 17.2 Å². The molecule has 0 aliphatic heterocycles. The highest BCUT2D eigenvalue weighted by molar-refractivity contribution is 7.92. The molecule has 1 N–H and O–H groups in total. The Balaban J connectivity index is 1.59. The molecule has 0 unspecified atom stereocenters. The molecule has 2 aliphatic rings. The first-order valence-electron chi connectivity index (χ1n) is 10.5. The van der Waals surface area contributed by atoms with Crippen LogP contribution in [0.3, 0.4) is 0 Å². The van der Waals surface area contributed by atoms with Crippen molar-refractivity contribution in [3.63, 3.8) is 0 Å². The number of sulfone groups is 1. The quantitative estimate of drug-likeness (QED) is 0.567. The lowest BCUT2D eigenvalue weighted by atomic mass is 10.0. The summed E-state index contributed by atoms with van der Waals surface area (Å²) in [6.45, 7) is -0.522. The molecular formula is C23H20Cl2F2N2O4S. The highest BCUT2D eigenvalue weighted by Gasteiger charge is 2.50. The summed E-state index contributed by atoms with van der Waals surface area (Å²) in [5.74, 6) is -3.29. The first-order chi connectivity index (χ1) is 16.1. The number of benzene rings is 2. The third kappa shape index (κ3) is 4.91. The van der Waals surface area contributed by atoms with Crippen molar-refractivity contribution in [2.75, 3.05) is 0 Å². The number of carbonyl (C=O) groups excluding carboxylic acids is 1. The average molecular weight is 529 g/mol. The minimum absolute atomic E-state index is 0.0552. The fraction of sp³-hybridized carbons (Fsp3) is 0.391. The van der Waals surface area contributed by atoms with E-state index in [1.165, 1.54) is 12.1 Å². The van der Waals surface area contributed by atoms with E-state index >= 15 is 0 Å². The fourth-order valence-electron chi connectivity index (χ4n) is 4.14. The average Bonchev–Trinajstić information content (AvgIpc) is 3.40. The van der Waals surface area contributed by atoms with Gasteiger partial charge >= 0.3 is 0 Å². The molecule has 0 spiro atoms.